The van der Waals surface area contributed by atoms with E-state index in [1.165, 1.54) is 30.0 Å². The van der Waals surface area contributed by atoms with E-state index in [-0.39, 0.29) is 4.47 Å². The molecule has 0 aliphatic carbocycles. The number of allylic oxidation sites excluding steroid dienone is 4. The first-order valence-electron chi connectivity index (χ1n) is 6.41. The SMILES string of the molecule is Fc1ccc(C2C=C(C(F)(F)F)NC3=C2SCC=C3)cc1Br. The number of alkyl halides is 3. The Morgan fingerprint density at radius 1 is 1.27 bits per heavy atom. The largest absolute Gasteiger partial charge is 0.430 e. The molecule has 0 bridgehead atoms. The van der Waals surface area contributed by atoms with E-state index in [1.807, 2.05) is 6.08 Å². The topological polar surface area (TPSA) is 12.0 Å². The summed E-state index contributed by atoms with van der Waals surface area (Å²) in [4.78, 5) is 0.814. The molecular formula is C15H10BrF4NS. The molecule has 0 saturated carbocycles. The van der Waals surface area contributed by atoms with Gasteiger partial charge in [0, 0.05) is 22.3 Å². The number of nitrogens with one attached hydrogen (secondary N) is 1. The van der Waals surface area contributed by atoms with Crippen LogP contribution in [0.15, 0.2) is 57.2 Å². The Labute approximate surface area is 137 Å². The van der Waals surface area contributed by atoms with Gasteiger partial charge in [0.2, 0.25) is 0 Å². The molecule has 0 aromatic heterocycles. The average Bonchev–Trinajstić information content (AvgIpc) is 2.48. The van der Waals surface area contributed by atoms with Crippen molar-refractivity contribution in [3.63, 3.8) is 0 Å². The van der Waals surface area contributed by atoms with Gasteiger partial charge < -0.3 is 5.32 Å². The lowest BCUT2D eigenvalue weighted by Gasteiger charge is -2.30. The standard InChI is InChI=1S/C15H10BrF4NS/c16-10-6-8(3-4-11(10)17)9-7-13(15(18,19)20)21-12-2-1-5-22-14(9)12/h1-4,6-7,9,21H,5H2. The first kappa shape index (κ1) is 15.7. The second-order valence-electron chi connectivity index (χ2n) is 4.85. The van der Waals surface area contributed by atoms with E-state index in [2.05, 4.69) is 21.2 Å². The lowest BCUT2D eigenvalue weighted by atomic mass is 9.93. The van der Waals surface area contributed by atoms with Crippen LogP contribution in [0.4, 0.5) is 17.6 Å². The minimum absolute atomic E-state index is 0.240. The van der Waals surface area contributed by atoms with E-state index in [0.29, 0.717) is 17.0 Å². The quantitative estimate of drug-likeness (QED) is 0.657. The minimum Gasteiger partial charge on any atom is -0.351 e. The van der Waals surface area contributed by atoms with Crippen molar-refractivity contribution in [2.75, 3.05) is 5.75 Å². The van der Waals surface area contributed by atoms with Crippen molar-refractivity contribution >= 4 is 27.7 Å². The summed E-state index contributed by atoms with van der Waals surface area (Å²) >= 11 is 4.57. The number of hydrogen-bond acceptors (Lipinski definition) is 2. The van der Waals surface area contributed by atoms with Gasteiger partial charge in [-0.3, -0.25) is 0 Å². The number of dihydropyridines is 1. The second-order valence-corrected chi connectivity index (χ2v) is 6.76. The third-order valence-corrected chi connectivity index (χ3v) is 5.13. The fraction of sp³-hybridized carbons (Fsp3) is 0.200. The minimum atomic E-state index is -4.45. The maximum Gasteiger partial charge on any atom is 0.430 e. The van der Waals surface area contributed by atoms with Crippen LogP contribution in [-0.4, -0.2) is 11.9 Å². The van der Waals surface area contributed by atoms with Crippen LogP contribution < -0.4 is 5.32 Å². The summed E-state index contributed by atoms with van der Waals surface area (Å²) in [5.74, 6) is -0.281. The summed E-state index contributed by atoms with van der Waals surface area (Å²) in [5, 5.41) is 2.44. The fourth-order valence-corrected chi connectivity index (χ4v) is 3.80. The average molecular weight is 392 g/mol. The molecule has 0 spiro atoms. The first-order valence-corrected chi connectivity index (χ1v) is 8.18. The van der Waals surface area contributed by atoms with Crippen molar-refractivity contribution in [3.8, 4) is 0 Å². The first-order chi connectivity index (χ1) is 10.4. The molecule has 0 radical (unpaired) electrons. The Balaban J connectivity index is 2.09. The van der Waals surface area contributed by atoms with E-state index < -0.39 is 23.6 Å². The Hall–Kier alpha value is -1.21. The van der Waals surface area contributed by atoms with E-state index in [0.717, 1.165) is 11.0 Å². The summed E-state index contributed by atoms with van der Waals surface area (Å²) in [6.07, 6.45) is 0.179. The third-order valence-electron chi connectivity index (χ3n) is 3.38. The molecule has 1 N–H and O–H groups in total. The zero-order chi connectivity index (χ0) is 15.9. The molecule has 1 aromatic rings. The van der Waals surface area contributed by atoms with Gasteiger partial charge in [0.15, 0.2) is 0 Å². The van der Waals surface area contributed by atoms with Gasteiger partial charge in [-0.1, -0.05) is 12.1 Å². The van der Waals surface area contributed by atoms with E-state index in [1.54, 1.807) is 6.08 Å². The molecule has 2 aliphatic heterocycles. The Kier molecular flexibility index (Phi) is 4.11. The van der Waals surface area contributed by atoms with Gasteiger partial charge >= 0.3 is 6.18 Å². The maximum absolute atomic E-state index is 13.4. The normalized spacial score (nSPS) is 21.3. The molecule has 0 saturated heterocycles. The molecule has 1 aromatic carbocycles. The van der Waals surface area contributed by atoms with Crippen molar-refractivity contribution in [1.29, 1.82) is 0 Å². The highest BCUT2D eigenvalue weighted by Crippen LogP contribution is 2.44. The van der Waals surface area contributed by atoms with Crippen molar-refractivity contribution < 1.29 is 17.6 Å². The van der Waals surface area contributed by atoms with Gasteiger partial charge in [-0.25, -0.2) is 4.39 Å². The molecule has 3 rings (SSSR count). The molecule has 1 atom stereocenters. The zero-order valence-corrected chi connectivity index (χ0v) is 13.4. The molecule has 0 fully saturated rings. The van der Waals surface area contributed by atoms with Gasteiger partial charge in [0.25, 0.3) is 0 Å². The molecule has 1 unspecified atom stereocenters. The summed E-state index contributed by atoms with van der Waals surface area (Å²) in [6, 6.07) is 4.30. The Morgan fingerprint density at radius 3 is 2.73 bits per heavy atom. The van der Waals surface area contributed by atoms with Gasteiger partial charge in [0.1, 0.15) is 11.5 Å². The van der Waals surface area contributed by atoms with Crippen molar-refractivity contribution in [2.24, 2.45) is 0 Å². The molecule has 2 aliphatic rings. The third kappa shape index (κ3) is 2.96. The fourth-order valence-electron chi connectivity index (χ4n) is 2.37. The van der Waals surface area contributed by atoms with Gasteiger partial charge in [-0.15, -0.1) is 11.8 Å². The Morgan fingerprint density at radius 2 is 2.05 bits per heavy atom. The van der Waals surface area contributed by atoms with E-state index in [9.17, 15) is 17.6 Å². The van der Waals surface area contributed by atoms with Crippen molar-refractivity contribution in [3.05, 3.63) is 68.6 Å². The van der Waals surface area contributed by atoms with Crippen molar-refractivity contribution in [2.45, 2.75) is 12.1 Å². The molecule has 22 heavy (non-hydrogen) atoms. The summed E-state index contributed by atoms with van der Waals surface area (Å²) in [5.41, 5.74) is 0.284. The highest BCUT2D eigenvalue weighted by Gasteiger charge is 2.38. The zero-order valence-electron chi connectivity index (χ0n) is 11.0. The van der Waals surface area contributed by atoms with Crippen LogP contribution in [0.25, 0.3) is 0 Å². The number of halogens is 5. The molecule has 116 valence electrons. The van der Waals surface area contributed by atoms with Crippen LogP contribution in [0, 0.1) is 5.82 Å². The monoisotopic (exact) mass is 391 g/mol. The van der Waals surface area contributed by atoms with Crippen LogP contribution in [0.1, 0.15) is 11.5 Å². The molecule has 7 heteroatoms. The van der Waals surface area contributed by atoms with Gasteiger partial charge in [-0.2, -0.15) is 13.2 Å². The Bertz CT molecular complexity index is 706. The van der Waals surface area contributed by atoms with Crippen LogP contribution in [0.3, 0.4) is 0 Å². The summed E-state index contributed by atoms with van der Waals surface area (Å²) in [7, 11) is 0. The number of hydrogen-bond donors (Lipinski definition) is 1. The van der Waals surface area contributed by atoms with Crippen LogP contribution in [-0.2, 0) is 0 Å². The predicted octanol–water partition coefficient (Wildman–Crippen LogP) is 5.24. The number of benzene rings is 1. The van der Waals surface area contributed by atoms with Gasteiger partial charge in [0.05, 0.1) is 4.47 Å². The van der Waals surface area contributed by atoms with Crippen molar-refractivity contribution in [1.82, 2.24) is 5.32 Å². The smallest absolute Gasteiger partial charge is 0.351 e. The second kappa shape index (κ2) is 5.77. The van der Waals surface area contributed by atoms with Crippen LogP contribution in [0.5, 0.6) is 0 Å². The maximum atomic E-state index is 13.4. The lowest BCUT2D eigenvalue weighted by molar-refractivity contribution is -0.0962. The highest BCUT2D eigenvalue weighted by atomic mass is 79.9. The summed E-state index contributed by atoms with van der Waals surface area (Å²) < 4.78 is 52.9. The van der Waals surface area contributed by atoms with Gasteiger partial charge in [-0.05, 0) is 45.8 Å². The van der Waals surface area contributed by atoms with Crippen LogP contribution in [0.2, 0.25) is 0 Å². The van der Waals surface area contributed by atoms with E-state index in [4.69, 9.17) is 0 Å². The lowest BCUT2D eigenvalue weighted by Crippen LogP contribution is -2.31. The molecule has 0 amide bonds. The molecular weight excluding hydrogens is 382 g/mol. The number of rotatable bonds is 1. The molecule has 2 heterocycles. The predicted molar refractivity (Wildman–Crippen MR) is 82.7 cm³/mol. The highest BCUT2D eigenvalue weighted by molar-refractivity contribution is 9.10. The molecule has 1 nitrogen and oxygen atoms in total. The summed E-state index contributed by atoms with van der Waals surface area (Å²) in [6.45, 7) is 0. The van der Waals surface area contributed by atoms with E-state index >= 15 is 0 Å². The number of thioether (sulfide) groups is 1. The van der Waals surface area contributed by atoms with Crippen LogP contribution >= 0.6 is 27.7 Å².